The Morgan fingerprint density at radius 2 is 2.12 bits per heavy atom. The fourth-order valence-corrected chi connectivity index (χ4v) is 1.92. The molecule has 0 saturated heterocycles. The van der Waals surface area contributed by atoms with Crippen molar-refractivity contribution < 1.29 is 13.9 Å². The summed E-state index contributed by atoms with van der Waals surface area (Å²) in [5, 5.41) is 8.83. The van der Waals surface area contributed by atoms with Crippen LogP contribution in [0.25, 0.3) is 0 Å². The number of aliphatic hydroxyl groups excluding tert-OH is 1. The van der Waals surface area contributed by atoms with E-state index in [1.807, 2.05) is 6.07 Å². The van der Waals surface area contributed by atoms with Gasteiger partial charge in [0.1, 0.15) is 0 Å². The van der Waals surface area contributed by atoms with E-state index in [9.17, 15) is 8.78 Å². The van der Waals surface area contributed by atoms with Crippen LogP contribution in [0.2, 0.25) is 0 Å². The minimum Gasteiger partial charge on any atom is -0.398 e. The summed E-state index contributed by atoms with van der Waals surface area (Å²) in [5.41, 5.74) is 7.11. The number of hydrogen-bond acceptors (Lipinski definition) is 3. The van der Waals surface area contributed by atoms with Crippen LogP contribution in [-0.2, 0) is 6.54 Å². The van der Waals surface area contributed by atoms with Crippen molar-refractivity contribution in [1.82, 2.24) is 4.90 Å². The van der Waals surface area contributed by atoms with E-state index in [4.69, 9.17) is 10.8 Å². The van der Waals surface area contributed by atoms with Gasteiger partial charge in [-0.1, -0.05) is 12.1 Å². The summed E-state index contributed by atoms with van der Waals surface area (Å²) in [5.74, 6) is 0. The predicted molar refractivity (Wildman–Crippen MR) is 66.9 cm³/mol. The third kappa shape index (κ3) is 4.57. The first kappa shape index (κ1) is 14.3. The highest BCUT2D eigenvalue weighted by Gasteiger charge is 2.14. The average molecular weight is 309 g/mol. The van der Waals surface area contributed by atoms with Gasteiger partial charge in [0, 0.05) is 23.2 Å². The van der Waals surface area contributed by atoms with Gasteiger partial charge in [-0.05, 0) is 27.6 Å². The lowest BCUT2D eigenvalue weighted by Crippen LogP contribution is -2.31. The van der Waals surface area contributed by atoms with Crippen LogP contribution < -0.4 is 5.73 Å². The zero-order chi connectivity index (χ0) is 12.8. The van der Waals surface area contributed by atoms with Crippen LogP contribution in [0, 0.1) is 0 Å². The maximum atomic E-state index is 12.3. The second-order valence-corrected chi connectivity index (χ2v) is 4.46. The number of rotatable bonds is 6. The van der Waals surface area contributed by atoms with Crippen molar-refractivity contribution in [3.8, 4) is 0 Å². The molecule has 0 aromatic heterocycles. The number of alkyl halides is 2. The summed E-state index contributed by atoms with van der Waals surface area (Å²) in [6.07, 6.45) is -2.42. The van der Waals surface area contributed by atoms with E-state index in [0.717, 1.165) is 10.0 Å². The molecule has 6 heteroatoms. The molecule has 0 heterocycles. The zero-order valence-electron chi connectivity index (χ0n) is 9.24. The summed E-state index contributed by atoms with van der Waals surface area (Å²) in [7, 11) is 0. The van der Waals surface area contributed by atoms with E-state index in [0.29, 0.717) is 12.2 Å². The van der Waals surface area contributed by atoms with Gasteiger partial charge in [-0.2, -0.15) is 0 Å². The minimum atomic E-state index is -2.42. The van der Waals surface area contributed by atoms with Crippen LogP contribution in [0.5, 0.6) is 0 Å². The molecular formula is C11H15BrF2N2O. The van der Waals surface area contributed by atoms with Gasteiger partial charge in [-0.3, -0.25) is 4.90 Å². The number of benzene rings is 1. The zero-order valence-corrected chi connectivity index (χ0v) is 10.8. The van der Waals surface area contributed by atoms with Crippen molar-refractivity contribution in [1.29, 1.82) is 0 Å². The summed E-state index contributed by atoms with van der Waals surface area (Å²) >= 11 is 3.32. The highest BCUT2D eigenvalue weighted by molar-refractivity contribution is 9.10. The van der Waals surface area contributed by atoms with E-state index < -0.39 is 6.43 Å². The van der Waals surface area contributed by atoms with Crippen molar-refractivity contribution in [3.63, 3.8) is 0 Å². The quantitative estimate of drug-likeness (QED) is 0.791. The van der Waals surface area contributed by atoms with Crippen LogP contribution in [0.3, 0.4) is 0 Å². The minimum absolute atomic E-state index is 0.146. The van der Waals surface area contributed by atoms with Gasteiger partial charge in [0.05, 0.1) is 13.2 Å². The summed E-state index contributed by atoms with van der Waals surface area (Å²) < 4.78 is 25.4. The first-order valence-electron chi connectivity index (χ1n) is 5.18. The molecule has 3 N–H and O–H groups in total. The first-order valence-corrected chi connectivity index (χ1v) is 5.98. The normalized spacial score (nSPS) is 11.4. The molecule has 0 aliphatic rings. The van der Waals surface area contributed by atoms with E-state index in [-0.39, 0.29) is 19.7 Å². The summed E-state index contributed by atoms with van der Waals surface area (Å²) in [6.45, 7) is 0.0383. The maximum Gasteiger partial charge on any atom is 0.251 e. The van der Waals surface area contributed by atoms with Crippen molar-refractivity contribution in [2.75, 3.05) is 25.4 Å². The lowest BCUT2D eigenvalue weighted by molar-refractivity contribution is 0.0746. The Hall–Kier alpha value is -0.720. The Bertz CT molecular complexity index is 363. The van der Waals surface area contributed by atoms with Crippen LogP contribution in [0.1, 0.15) is 5.56 Å². The van der Waals surface area contributed by atoms with E-state index in [1.54, 1.807) is 12.1 Å². The van der Waals surface area contributed by atoms with Gasteiger partial charge >= 0.3 is 0 Å². The topological polar surface area (TPSA) is 49.5 Å². The van der Waals surface area contributed by atoms with Gasteiger partial charge in [-0.25, -0.2) is 8.78 Å². The number of halogens is 3. The lowest BCUT2D eigenvalue weighted by Gasteiger charge is -2.21. The van der Waals surface area contributed by atoms with Gasteiger partial charge in [0.15, 0.2) is 0 Å². The highest BCUT2D eigenvalue weighted by Crippen LogP contribution is 2.25. The maximum absolute atomic E-state index is 12.3. The fraction of sp³-hybridized carbons (Fsp3) is 0.455. The van der Waals surface area contributed by atoms with Gasteiger partial charge in [0.25, 0.3) is 6.43 Å². The van der Waals surface area contributed by atoms with Crippen molar-refractivity contribution in [3.05, 3.63) is 28.2 Å². The molecule has 17 heavy (non-hydrogen) atoms. The predicted octanol–water partition coefficient (Wildman–Crippen LogP) is 2.09. The lowest BCUT2D eigenvalue weighted by atomic mass is 10.2. The molecule has 0 bridgehead atoms. The second-order valence-electron chi connectivity index (χ2n) is 3.67. The molecular weight excluding hydrogens is 294 g/mol. The molecule has 0 saturated carbocycles. The fourth-order valence-electron chi connectivity index (χ4n) is 1.53. The van der Waals surface area contributed by atoms with E-state index in [2.05, 4.69) is 15.9 Å². The van der Waals surface area contributed by atoms with Crippen LogP contribution in [-0.4, -0.2) is 36.1 Å². The van der Waals surface area contributed by atoms with Crippen molar-refractivity contribution in [2.45, 2.75) is 13.0 Å². The van der Waals surface area contributed by atoms with E-state index >= 15 is 0 Å². The monoisotopic (exact) mass is 308 g/mol. The Morgan fingerprint density at radius 3 is 2.71 bits per heavy atom. The standard InChI is InChI=1S/C11H15BrF2N2O/c12-11-8(2-1-3-9(11)15)6-16(4-5-17)7-10(13)14/h1-3,10,17H,4-7,15H2. The van der Waals surface area contributed by atoms with Crippen LogP contribution in [0.15, 0.2) is 22.7 Å². The molecule has 0 fully saturated rings. The average Bonchev–Trinajstić information content (AvgIpc) is 2.24. The molecule has 0 aliphatic heterocycles. The third-order valence-corrected chi connectivity index (χ3v) is 3.28. The number of nitrogen functional groups attached to an aromatic ring is 1. The molecule has 96 valence electrons. The molecule has 1 aromatic carbocycles. The molecule has 0 amide bonds. The van der Waals surface area contributed by atoms with E-state index in [1.165, 1.54) is 4.90 Å². The number of anilines is 1. The number of nitrogens with two attached hydrogens (primary N) is 1. The second kappa shape index (κ2) is 6.88. The Labute approximate surface area is 107 Å². The van der Waals surface area contributed by atoms with Crippen molar-refractivity contribution >= 4 is 21.6 Å². The third-order valence-electron chi connectivity index (χ3n) is 2.31. The van der Waals surface area contributed by atoms with Gasteiger partial charge in [0.2, 0.25) is 0 Å². The van der Waals surface area contributed by atoms with Gasteiger partial charge in [-0.15, -0.1) is 0 Å². The molecule has 1 rings (SSSR count). The highest BCUT2D eigenvalue weighted by atomic mass is 79.9. The van der Waals surface area contributed by atoms with Gasteiger partial charge < -0.3 is 10.8 Å². The first-order chi connectivity index (χ1) is 8.04. The molecule has 0 unspecified atom stereocenters. The summed E-state index contributed by atoms with van der Waals surface area (Å²) in [6, 6.07) is 5.32. The Kier molecular flexibility index (Phi) is 5.80. The largest absolute Gasteiger partial charge is 0.398 e. The van der Waals surface area contributed by atoms with Crippen molar-refractivity contribution in [2.24, 2.45) is 0 Å². The SMILES string of the molecule is Nc1cccc(CN(CCO)CC(F)F)c1Br. The Morgan fingerprint density at radius 1 is 1.41 bits per heavy atom. The molecule has 0 aliphatic carbocycles. The molecule has 0 spiro atoms. The smallest absolute Gasteiger partial charge is 0.251 e. The molecule has 0 atom stereocenters. The summed E-state index contributed by atoms with van der Waals surface area (Å²) in [4.78, 5) is 1.49. The Balaban J connectivity index is 2.74. The van der Waals surface area contributed by atoms with Crippen LogP contribution >= 0.6 is 15.9 Å². The molecule has 0 radical (unpaired) electrons. The molecule has 3 nitrogen and oxygen atoms in total. The number of nitrogens with zero attached hydrogens (tertiary/aromatic N) is 1. The molecule has 1 aromatic rings. The number of hydrogen-bond donors (Lipinski definition) is 2. The number of aliphatic hydroxyl groups is 1. The van der Waals surface area contributed by atoms with Crippen LogP contribution in [0.4, 0.5) is 14.5 Å².